The van der Waals surface area contributed by atoms with Crippen LogP contribution in [0.25, 0.3) is 0 Å². The smallest absolute Gasteiger partial charge is 0.398 e. The molecule has 0 radical (unpaired) electrons. The Morgan fingerprint density at radius 1 is 1.30 bits per heavy atom. The number of nitrogens with one attached hydrogen (secondary N) is 1. The zero-order chi connectivity index (χ0) is 14.9. The van der Waals surface area contributed by atoms with Crippen molar-refractivity contribution in [3.63, 3.8) is 0 Å². The van der Waals surface area contributed by atoms with Crippen molar-refractivity contribution < 1.29 is 13.2 Å². The van der Waals surface area contributed by atoms with Gasteiger partial charge in [0.2, 0.25) is 0 Å². The van der Waals surface area contributed by atoms with E-state index in [-0.39, 0.29) is 11.3 Å². The van der Waals surface area contributed by atoms with Gasteiger partial charge in [0.15, 0.2) is 0 Å². The van der Waals surface area contributed by atoms with Crippen LogP contribution in [0.5, 0.6) is 0 Å². The molecule has 0 bridgehead atoms. The van der Waals surface area contributed by atoms with E-state index < -0.39 is 17.8 Å². The summed E-state index contributed by atoms with van der Waals surface area (Å²) in [4.78, 5) is 0. The van der Waals surface area contributed by atoms with E-state index in [2.05, 4.69) is 10.5 Å². The minimum absolute atomic E-state index is 0.214. The van der Waals surface area contributed by atoms with Gasteiger partial charge in [-0.05, 0) is 29.8 Å². The molecule has 5 N–H and O–H groups in total. The first-order valence-corrected chi connectivity index (χ1v) is 5.75. The van der Waals surface area contributed by atoms with Crippen molar-refractivity contribution in [1.29, 1.82) is 0 Å². The molecule has 0 spiro atoms. The minimum atomic E-state index is -4.44. The summed E-state index contributed by atoms with van der Waals surface area (Å²) in [6.45, 7) is 0. The van der Waals surface area contributed by atoms with Crippen molar-refractivity contribution in [3.05, 3.63) is 47.3 Å². The molecule has 0 aliphatic heterocycles. The number of nitrogens with zero attached hydrogens (tertiary/aromatic N) is 2. The van der Waals surface area contributed by atoms with Gasteiger partial charge in [-0.15, -0.1) is 0 Å². The van der Waals surface area contributed by atoms with Gasteiger partial charge in [-0.25, -0.2) is 5.43 Å². The topological polar surface area (TPSA) is 81.9 Å². The lowest BCUT2D eigenvalue weighted by molar-refractivity contribution is -0.137. The Kier molecular flexibility index (Phi) is 3.69. The van der Waals surface area contributed by atoms with Gasteiger partial charge in [0.25, 0.3) is 0 Å². The average Bonchev–Trinajstić information content (AvgIpc) is 2.77. The number of hydrogen-bond donors (Lipinski definition) is 3. The van der Waals surface area contributed by atoms with E-state index in [0.29, 0.717) is 5.69 Å². The van der Waals surface area contributed by atoms with Gasteiger partial charge in [0.1, 0.15) is 0 Å². The quantitative estimate of drug-likeness (QED) is 0.454. The Bertz CT molecular complexity index is 605. The van der Waals surface area contributed by atoms with Crippen molar-refractivity contribution >= 4 is 5.69 Å². The molecule has 0 saturated heterocycles. The van der Waals surface area contributed by atoms with Gasteiger partial charge in [-0.3, -0.25) is 10.5 Å². The largest absolute Gasteiger partial charge is 0.416 e. The van der Waals surface area contributed by atoms with E-state index >= 15 is 0 Å². The molecule has 5 nitrogen and oxygen atoms in total. The molecular formula is C12H14F3N5. The molecule has 1 heterocycles. The third kappa shape index (κ3) is 2.75. The number of aryl methyl sites for hydroxylation is 1. The number of rotatable bonds is 3. The zero-order valence-corrected chi connectivity index (χ0v) is 10.6. The number of nitrogen functional groups attached to an aromatic ring is 1. The van der Waals surface area contributed by atoms with E-state index in [4.69, 9.17) is 11.6 Å². The predicted molar refractivity (Wildman–Crippen MR) is 68.2 cm³/mol. The number of aromatic nitrogens is 2. The Labute approximate surface area is 113 Å². The van der Waals surface area contributed by atoms with E-state index in [9.17, 15) is 13.2 Å². The Morgan fingerprint density at radius 3 is 2.50 bits per heavy atom. The van der Waals surface area contributed by atoms with Crippen molar-refractivity contribution in [2.75, 3.05) is 5.73 Å². The average molecular weight is 285 g/mol. The second-order valence-electron chi connectivity index (χ2n) is 4.36. The van der Waals surface area contributed by atoms with Crippen LogP contribution in [0.1, 0.15) is 22.9 Å². The molecule has 2 rings (SSSR count). The van der Waals surface area contributed by atoms with Crippen LogP contribution in [0.15, 0.2) is 30.5 Å². The monoisotopic (exact) mass is 285 g/mol. The third-order valence-electron chi connectivity index (χ3n) is 2.92. The SMILES string of the molecule is Cn1ccc(C(NN)c2cc(C(F)(F)F)ccc2N)n1. The zero-order valence-electron chi connectivity index (χ0n) is 10.6. The molecule has 20 heavy (non-hydrogen) atoms. The molecule has 1 unspecified atom stereocenters. The molecule has 0 amide bonds. The highest BCUT2D eigenvalue weighted by Gasteiger charge is 2.32. The minimum Gasteiger partial charge on any atom is -0.398 e. The van der Waals surface area contributed by atoms with Crippen LogP contribution in [-0.2, 0) is 13.2 Å². The molecule has 108 valence electrons. The summed E-state index contributed by atoms with van der Waals surface area (Å²) in [6.07, 6.45) is -2.77. The standard InChI is InChI=1S/C12H14F3N5/c1-20-5-4-10(19-20)11(18-17)8-6-7(12(13,14)15)2-3-9(8)16/h2-6,11,18H,16-17H2,1H3. The van der Waals surface area contributed by atoms with Crippen LogP contribution < -0.4 is 17.0 Å². The van der Waals surface area contributed by atoms with Crippen LogP contribution in [0, 0.1) is 0 Å². The maximum Gasteiger partial charge on any atom is 0.416 e. The first kappa shape index (κ1) is 14.4. The summed E-state index contributed by atoms with van der Waals surface area (Å²) in [5.41, 5.74) is 8.36. The number of benzene rings is 1. The second-order valence-corrected chi connectivity index (χ2v) is 4.36. The second kappa shape index (κ2) is 5.14. The fourth-order valence-electron chi connectivity index (χ4n) is 1.92. The van der Waals surface area contributed by atoms with Crippen molar-refractivity contribution in [2.45, 2.75) is 12.2 Å². The van der Waals surface area contributed by atoms with Crippen molar-refractivity contribution in [1.82, 2.24) is 15.2 Å². The number of hydrazine groups is 1. The van der Waals surface area contributed by atoms with Crippen molar-refractivity contribution in [2.24, 2.45) is 12.9 Å². The molecule has 0 aliphatic carbocycles. The summed E-state index contributed by atoms with van der Waals surface area (Å²) < 4.78 is 39.8. The summed E-state index contributed by atoms with van der Waals surface area (Å²) in [5, 5.41) is 4.13. The fraction of sp³-hybridized carbons (Fsp3) is 0.250. The molecular weight excluding hydrogens is 271 g/mol. The number of hydrogen-bond acceptors (Lipinski definition) is 4. The van der Waals surface area contributed by atoms with E-state index in [0.717, 1.165) is 12.1 Å². The fourth-order valence-corrected chi connectivity index (χ4v) is 1.92. The summed E-state index contributed by atoms with van der Waals surface area (Å²) >= 11 is 0. The van der Waals surface area contributed by atoms with E-state index in [1.807, 2.05) is 0 Å². The number of halogens is 3. The molecule has 1 atom stereocenters. The van der Waals surface area contributed by atoms with Crippen LogP contribution >= 0.6 is 0 Å². The van der Waals surface area contributed by atoms with Gasteiger partial charge in [0.05, 0.1) is 17.3 Å². The molecule has 8 heteroatoms. The molecule has 1 aromatic carbocycles. The number of nitrogens with two attached hydrogens (primary N) is 2. The van der Waals surface area contributed by atoms with Crippen LogP contribution in [-0.4, -0.2) is 9.78 Å². The molecule has 0 aliphatic rings. The molecule has 2 aromatic rings. The van der Waals surface area contributed by atoms with Crippen LogP contribution in [0.3, 0.4) is 0 Å². The van der Waals surface area contributed by atoms with Gasteiger partial charge in [-0.2, -0.15) is 18.3 Å². The molecule has 0 saturated carbocycles. The highest BCUT2D eigenvalue weighted by Crippen LogP contribution is 2.34. The lowest BCUT2D eigenvalue weighted by atomic mass is 9.99. The Morgan fingerprint density at radius 2 is 2.00 bits per heavy atom. The van der Waals surface area contributed by atoms with Gasteiger partial charge >= 0.3 is 6.18 Å². The van der Waals surface area contributed by atoms with Crippen LogP contribution in [0.4, 0.5) is 18.9 Å². The summed E-state index contributed by atoms with van der Waals surface area (Å²) in [7, 11) is 1.70. The lowest BCUT2D eigenvalue weighted by Crippen LogP contribution is -2.30. The highest BCUT2D eigenvalue weighted by molar-refractivity contribution is 5.52. The highest BCUT2D eigenvalue weighted by atomic mass is 19.4. The summed E-state index contributed by atoms with van der Waals surface area (Å²) in [6, 6.07) is 4.08. The molecule has 0 fully saturated rings. The normalized spacial score (nSPS) is 13.4. The first-order valence-electron chi connectivity index (χ1n) is 5.75. The van der Waals surface area contributed by atoms with Crippen LogP contribution in [0.2, 0.25) is 0 Å². The van der Waals surface area contributed by atoms with E-state index in [1.165, 1.54) is 10.7 Å². The maximum atomic E-state index is 12.8. The number of anilines is 1. The molecule has 1 aromatic heterocycles. The summed E-state index contributed by atoms with van der Waals surface area (Å²) in [5.74, 6) is 5.44. The third-order valence-corrected chi connectivity index (χ3v) is 2.92. The first-order chi connectivity index (χ1) is 9.32. The van der Waals surface area contributed by atoms with Crippen molar-refractivity contribution in [3.8, 4) is 0 Å². The Balaban J connectivity index is 2.49. The lowest BCUT2D eigenvalue weighted by Gasteiger charge is -2.18. The number of alkyl halides is 3. The van der Waals surface area contributed by atoms with Gasteiger partial charge < -0.3 is 5.73 Å². The maximum absolute atomic E-state index is 12.8. The predicted octanol–water partition coefficient (Wildman–Crippen LogP) is 1.57. The van der Waals surface area contributed by atoms with E-state index in [1.54, 1.807) is 19.3 Å². The van der Waals surface area contributed by atoms with Gasteiger partial charge in [-0.1, -0.05) is 0 Å². The Hall–Kier alpha value is -2.06. The van der Waals surface area contributed by atoms with Gasteiger partial charge in [0, 0.05) is 18.9 Å².